The molecule has 1 aliphatic heterocycles. The van der Waals surface area contributed by atoms with Crippen molar-refractivity contribution in [3.05, 3.63) is 23.3 Å². The van der Waals surface area contributed by atoms with Crippen LogP contribution in [0.25, 0.3) is 0 Å². The fourth-order valence-corrected chi connectivity index (χ4v) is 2.56. The second-order valence-electron chi connectivity index (χ2n) is 5.53. The minimum Gasteiger partial charge on any atom is -0.508 e. The molecule has 2 N–H and O–H groups in total. The molecule has 18 heavy (non-hydrogen) atoms. The highest BCUT2D eigenvalue weighted by Crippen LogP contribution is 2.26. The highest BCUT2D eigenvalue weighted by molar-refractivity contribution is 5.57. The Kier molecular flexibility index (Phi) is 4.12. The number of anilines is 1. The summed E-state index contributed by atoms with van der Waals surface area (Å²) in [7, 11) is 2.19. The third-order valence-electron chi connectivity index (χ3n) is 3.85. The lowest BCUT2D eigenvalue weighted by Crippen LogP contribution is -2.23. The van der Waals surface area contributed by atoms with Crippen LogP contribution in [0.5, 0.6) is 5.75 Å². The molecule has 0 aliphatic carbocycles. The molecule has 0 amide bonds. The molecule has 2 rings (SSSR count). The first-order valence-corrected chi connectivity index (χ1v) is 6.81. The molecule has 1 fully saturated rings. The Balaban J connectivity index is 2.06. The highest BCUT2D eigenvalue weighted by Gasteiger charge is 2.15. The van der Waals surface area contributed by atoms with Crippen LogP contribution < -0.4 is 5.32 Å². The van der Waals surface area contributed by atoms with Crippen molar-refractivity contribution in [3.8, 4) is 5.75 Å². The number of nitrogens with one attached hydrogen (secondary N) is 1. The third kappa shape index (κ3) is 3.16. The highest BCUT2D eigenvalue weighted by atomic mass is 16.3. The number of aryl methyl sites for hydroxylation is 2. The van der Waals surface area contributed by atoms with Gasteiger partial charge >= 0.3 is 0 Å². The fourth-order valence-electron chi connectivity index (χ4n) is 2.56. The molecule has 1 unspecified atom stereocenters. The van der Waals surface area contributed by atoms with E-state index in [0.29, 0.717) is 11.8 Å². The number of nitrogens with zero attached hydrogens (tertiary/aromatic N) is 1. The SMILES string of the molecule is Cc1cc(NC2CCCN(C)CC2)c(C)cc1O. The van der Waals surface area contributed by atoms with Crippen molar-refractivity contribution in [2.75, 3.05) is 25.5 Å². The third-order valence-corrected chi connectivity index (χ3v) is 3.85. The molecule has 0 radical (unpaired) electrons. The number of aromatic hydroxyl groups is 1. The molecule has 1 saturated heterocycles. The van der Waals surface area contributed by atoms with Crippen molar-refractivity contribution in [1.29, 1.82) is 0 Å². The van der Waals surface area contributed by atoms with Gasteiger partial charge in [0.2, 0.25) is 0 Å². The van der Waals surface area contributed by atoms with E-state index in [2.05, 4.69) is 23.3 Å². The van der Waals surface area contributed by atoms with Gasteiger partial charge in [0.25, 0.3) is 0 Å². The first-order valence-electron chi connectivity index (χ1n) is 6.81. The second-order valence-corrected chi connectivity index (χ2v) is 5.53. The predicted octanol–water partition coefficient (Wildman–Crippen LogP) is 2.91. The van der Waals surface area contributed by atoms with E-state index < -0.39 is 0 Å². The van der Waals surface area contributed by atoms with Gasteiger partial charge in [0.05, 0.1) is 0 Å². The van der Waals surface area contributed by atoms with Crippen molar-refractivity contribution in [2.45, 2.75) is 39.2 Å². The lowest BCUT2D eigenvalue weighted by atomic mass is 10.1. The van der Waals surface area contributed by atoms with Crippen LogP contribution in [-0.4, -0.2) is 36.2 Å². The second kappa shape index (κ2) is 5.61. The number of hydrogen-bond donors (Lipinski definition) is 2. The van der Waals surface area contributed by atoms with Crippen LogP contribution in [-0.2, 0) is 0 Å². The van der Waals surface area contributed by atoms with Gasteiger partial charge in [0.15, 0.2) is 0 Å². The molecule has 0 spiro atoms. The molecule has 3 heteroatoms. The van der Waals surface area contributed by atoms with E-state index >= 15 is 0 Å². The van der Waals surface area contributed by atoms with Gasteiger partial charge in [-0.2, -0.15) is 0 Å². The van der Waals surface area contributed by atoms with Gasteiger partial charge in [-0.3, -0.25) is 0 Å². The molecular formula is C15H24N2O. The number of rotatable bonds is 2. The van der Waals surface area contributed by atoms with Crippen LogP contribution in [0.2, 0.25) is 0 Å². The van der Waals surface area contributed by atoms with Crippen LogP contribution in [0.15, 0.2) is 12.1 Å². The Morgan fingerprint density at radius 1 is 1.17 bits per heavy atom. The lowest BCUT2D eigenvalue weighted by Gasteiger charge is -2.20. The van der Waals surface area contributed by atoms with Gasteiger partial charge in [-0.1, -0.05) is 0 Å². The molecular weight excluding hydrogens is 224 g/mol. The maximum absolute atomic E-state index is 9.68. The van der Waals surface area contributed by atoms with Crippen LogP contribution in [0.3, 0.4) is 0 Å². The van der Waals surface area contributed by atoms with Crippen molar-refractivity contribution >= 4 is 5.69 Å². The van der Waals surface area contributed by atoms with Gasteiger partial charge in [-0.15, -0.1) is 0 Å². The van der Waals surface area contributed by atoms with Crippen LogP contribution >= 0.6 is 0 Å². The summed E-state index contributed by atoms with van der Waals surface area (Å²) >= 11 is 0. The lowest BCUT2D eigenvalue weighted by molar-refractivity contribution is 0.348. The summed E-state index contributed by atoms with van der Waals surface area (Å²) in [4.78, 5) is 2.40. The van der Waals surface area contributed by atoms with Crippen molar-refractivity contribution in [3.63, 3.8) is 0 Å². The Morgan fingerprint density at radius 3 is 2.72 bits per heavy atom. The first-order chi connectivity index (χ1) is 8.56. The minimum atomic E-state index is 0.388. The zero-order chi connectivity index (χ0) is 13.1. The predicted molar refractivity (Wildman–Crippen MR) is 76.3 cm³/mol. The van der Waals surface area contributed by atoms with Crippen molar-refractivity contribution in [2.24, 2.45) is 0 Å². The summed E-state index contributed by atoms with van der Waals surface area (Å²) < 4.78 is 0. The Morgan fingerprint density at radius 2 is 1.94 bits per heavy atom. The minimum absolute atomic E-state index is 0.388. The van der Waals surface area contributed by atoms with E-state index in [1.165, 1.54) is 31.5 Å². The molecule has 1 atom stereocenters. The summed E-state index contributed by atoms with van der Waals surface area (Å²) in [6.07, 6.45) is 3.67. The molecule has 1 heterocycles. The van der Waals surface area contributed by atoms with E-state index in [-0.39, 0.29) is 0 Å². The summed E-state index contributed by atoms with van der Waals surface area (Å²) in [5, 5.41) is 13.3. The van der Waals surface area contributed by atoms with Gasteiger partial charge in [-0.05, 0) is 76.5 Å². The van der Waals surface area contributed by atoms with Crippen molar-refractivity contribution in [1.82, 2.24) is 4.90 Å². The summed E-state index contributed by atoms with van der Waals surface area (Å²) in [6.45, 7) is 6.35. The van der Waals surface area contributed by atoms with Crippen molar-refractivity contribution < 1.29 is 5.11 Å². The van der Waals surface area contributed by atoms with Gasteiger partial charge in [0, 0.05) is 11.7 Å². The summed E-state index contributed by atoms with van der Waals surface area (Å²) in [5.41, 5.74) is 3.23. The molecule has 100 valence electrons. The molecule has 1 aromatic carbocycles. The van der Waals surface area contributed by atoms with Crippen LogP contribution in [0, 0.1) is 13.8 Å². The Bertz CT molecular complexity index is 417. The maximum Gasteiger partial charge on any atom is 0.118 e. The normalized spacial score (nSPS) is 21.6. The quantitative estimate of drug-likeness (QED) is 0.790. The topological polar surface area (TPSA) is 35.5 Å². The average molecular weight is 248 g/mol. The molecule has 0 bridgehead atoms. The van der Waals surface area contributed by atoms with E-state index in [0.717, 1.165) is 17.7 Å². The van der Waals surface area contributed by atoms with E-state index in [1.807, 2.05) is 19.9 Å². The Labute approximate surface area is 110 Å². The smallest absolute Gasteiger partial charge is 0.118 e. The summed E-state index contributed by atoms with van der Waals surface area (Å²) in [5.74, 6) is 0.388. The number of hydrogen-bond acceptors (Lipinski definition) is 3. The zero-order valence-corrected chi connectivity index (χ0v) is 11.7. The van der Waals surface area contributed by atoms with Crippen LogP contribution in [0.1, 0.15) is 30.4 Å². The molecule has 0 saturated carbocycles. The number of phenolic OH excluding ortho intramolecular Hbond substituents is 1. The average Bonchev–Trinajstić information content (AvgIpc) is 2.51. The molecule has 1 aliphatic rings. The zero-order valence-electron chi connectivity index (χ0n) is 11.7. The number of benzene rings is 1. The standard InChI is InChI=1S/C15H24N2O/c1-11-10-15(18)12(2)9-14(11)16-13-5-4-7-17(3)8-6-13/h9-10,13,16,18H,4-8H2,1-3H3. The number of likely N-dealkylation sites (tertiary alicyclic amines) is 1. The van der Waals surface area contributed by atoms with Gasteiger partial charge in [0.1, 0.15) is 5.75 Å². The van der Waals surface area contributed by atoms with E-state index in [1.54, 1.807) is 0 Å². The fraction of sp³-hybridized carbons (Fsp3) is 0.600. The summed E-state index contributed by atoms with van der Waals surface area (Å²) in [6, 6.07) is 4.46. The van der Waals surface area contributed by atoms with Gasteiger partial charge < -0.3 is 15.3 Å². The van der Waals surface area contributed by atoms with Gasteiger partial charge in [-0.25, -0.2) is 0 Å². The van der Waals surface area contributed by atoms with E-state index in [9.17, 15) is 5.11 Å². The molecule has 0 aromatic heterocycles. The molecule has 3 nitrogen and oxygen atoms in total. The van der Waals surface area contributed by atoms with E-state index in [4.69, 9.17) is 0 Å². The Hall–Kier alpha value is -1.22. The van der Waals surface area contributed by atoms with Crippen LogP contribution in [0.4, 0.5) is 5.69 Å². The maximum atomic E-state index is 9.68. The monoisotopic (exact) mass is 248 g/mol. The first kappa shape index (κ1) is 13.2. The molecule has 1 aromatic rings. The largest absolute Gasteiger partial charge is 0.508 e. The number of phenols is 1.